The second-order valence-electron chi connectivity index (χ2n) is 13.2. The molecule has 6 rings (SSSR count). The minimum absolute atomic E-state index is 0.125. The Morgan fingerprint density at radius 3 is 2.19 bits per heavy atom. The number of nitrogens with zero attached hydrogens (tertiary/aromatic N) is 3. The first-order valence-electron chi connectivity index (χ1n) is 17.1. The van der Waals surface area contributed by atoms with Crippen molar-refractivity contribution in [2.45, 2.75) is 77.0 Å². The van der Waals surface area contributed by atoms with Crippen molar-refractivity contribution in [3.8, 4) is 5.75 Å². The normalized spacial score (nSPS) is 28.3. The van der Waals surface area contributed by atoms with Crippen molar-refractivity contribution in [2.24, 2.45) is 11.8 Å². The Labute approximate surface area is 277 Å². The third-order valence-electron chi connectivity index (χ3n) is 10.4. The number of carbonyl (C=O) groups is 3. The molecule has 4 aliphatic heterocycles. The van der Waals surface area contributed by atoms with E-state index < -0.39 is 29.1 Å². The number of carbonyl (C=O) groups excluding carboxylic acids is 3. The lowest BCUT2D eigenvalue weighted by atomic mass is 9.73. The Morgan fingerprint density at radius 1 is 0.830 bits per heavy atom. The average molecular weight is 642 g/mol. The number of ether oxygens (including phenoxy) is 2. The molecule has 9 heteroatoms. The first-order chi connectivity index (χ1) is 22.7. The second-order valence-corrected chi connectivity index (χ2v) is 13.2. The topological polar surface area (TPSA) is 99.6 Å². The zero-order valence-corrected chi connectivity index (χ0v) is 28.0. The number of aryl methyl sites for hydroxylation is 2. The molecule has 1 spiro atoms. The summed E-state index contributed by atoms with van der Waals surface area (Å²) in [4.78, 5) is 49.8. The lowest BCUT2D eigenvalue weighted by Crippen LogP contribution is -2.56. The van der Waals surface area contributed by atoms with Crippen LogP contribution < -0.4 is 14.5 Å². The molecular formula is C38H47N3O6. The fraction of sp³-hybridized carbons (Fsp3) is 0.500. The highest BCUT2D eigenvalue weighted by molar-refractivity contribution is 6.08. The van der Waals surface area contributed by atoms with Gasteiger partial charge < -0.3 is 29.3 Å². The molecule has 250 valence electrons. The lowest BCUT2D eigenvalue weighted by molar-refractivity contribution is -0.145. The molecule has 0 saturated carbocycles. The molecule has 2 saturated heterocycles. The van der Waals surface area contributed by atoms with Crippen LogP contribution in [0, 0.1) is 25.7 Å². The van der Waals surface area contributed by atoms with E-state index in [9.17, 15) is 19.5 Å². The maximum Gasteiger partial charge on any atom is 0.253 e. The van der Waals surface area contributed by atoms with Crippen molar-refractivity contribution in [1.82, 2.24) is 4.90 Å². The van der Waals surface area contributed by atoms with E-state index in [1.165, 1.54) is 0 Å². The number of hydrogen-bond acceptors (Lipinski definition) is 6. The van der Waals surface area contributed by atoms with Gasteiger partial charge in [0.15, 0.2) is 0 Å². The molecular weight excluding hydrogens is 594 g/mol. The van der Waals surface area contributed by atoms with Crippen LogP contribution in [0.2, 0.25) is 0 Å². The fourth-order valence-corrected chi connectivity index (χ4v) is 8.30. The van der Waals surface area contributed by atoms with E-state index >= 15 is 0 Å². The number of amides is 3. The molecule has 2 aromatic rings. The zero-order chi connectivity index (χ0) is 33.3. The van der Waals surface area contributed by atoms with Crippen LogP contribution in [0.4, 0.5) is 11.4 Å². The van der Waals surface area contributed by atoms with Gasteiger partial charge in [-0.3, -0.25) is 14.4 Å². The van der Waals surface area contributed by atoms with Gasteiger partial charge in [0.25, 0.3) is 5.91 Å². The number of benzene rings is 2. The first kappa shape index (κ1) is 33.0. The molecule has 0 aromatic heterocycles. The monoisotopic (exact) mass is 641 g/mol. The number of para-hydroxylation sites is 1. The van der Waals surface area contributed by atoms with Gasteiger partial charge in [0, 0.05) is 37.6 Å². The molecule has 47 heavy (non-hydrogen) atoms. The molecule has 4 aliphatic rings. The van der Waals surface area contributed by atoms with Gasteiger partial charge in [-0.25, -0.2) is 0 Å². The highest BCUT2D eigenvalue weighted by atomic mass is 16.5. The standard InChI is InChI=1S/C38H47N3O6/c1-5-37-20-12-23-39(28-16-18-29(19-17-28)46-6-2)34(43)30(37)31-35(44)41(22-9-7-8-10-25-42)33-36(45)40(24-13-21-38(31,33)47-37)32-26(3)14-11-15-27(32)4/h11-21,30-31,33,42H,5-10,22-25H2,1-4H3/t30-,31+,33?,37+,38+/m1/s1. The minimum atomic E-state index is -1.31. The summed E-state index contributed by atoms with van der Waals surface area (Å²) in [6.45, 7) is 9.62. The molecule has 0 aliphatic carbocycles. The summed E-state index contributed by atoms with van der Waals surface area (Å²) < 4.78 is 12.8. The Hall–Kier alpha value is -3.95. The third kappa shape index (κ3) is 5.47. The van der Waals surface area contributed by atoms with Crippen molar-refractivity contribution < 1.29 is 29.0 Å². The number of hydrogen-bond donors (Lipinski definition) is 1. The smallest absolute Gasteiger partial charge is 0.253 e. The summed E-state index contributed by atoms with van der Waals surface area (Å²) in [5, 5.41) is 9.29. The van der Waals surface area contributed by atoms with Gasteiger partial charge in [0.2, 0.25) is 11.8 Å². The Kier molecular flexibility index (Phi) is 9.31. The summed E-state index contributed by atoms with van der Waals surface area (Å²) in [6, 6.07) is 12.5. The van der Waals surface area contributed by atoms with Crippen LogP contribution in [0.25, 0.3) is 0 Å². The predicted molar refractivity (Wildman–Crippen MR) is 181 cm³/mol. The van der Waals surface area contributed by atoms with Crippen molar-refractivity contribution in [1.29, 1.82) is 0 Å². The number of aliphatic hydroxyl groups excluding tert-OH is 1. The minimum Gasteiger partial charge on any atom is -0.494 e. The van der Waals surface area contributed by atoms with Crippen molar-refractivity contribution in [3.05, 3.63) is 77.9 Å². The second kappa shape index (κ2) is 13.3. The van der Waals surface area contributed by atoms with Gasteiger partial charge in [0.1, 0.15) is 17.4 Å². The van der Waals surface area contributed by atoms with E-state index in [1.54, 1.807) is 14.7 Å². The van der Waals surface area contributed by atoms with Crippen LogP contribution in [-0.2, 0) is 19.1 Å². The quantitative estimate of drug-likeness (QED) is 0.270. The van der Waals surface area contributed by atoms with Gasteiger partial charge in [-0.15, -0.1) is 0 Å². The molecule has 0 radical (unpaired) electrons. The highest BCUT2D eigenvalue weighted by Gasteiger charge is 2.75. The molecule has 2 fully saturated rings. The number of aliphatic hydroxyl groups is 1. The van der Waals surface area contributed by atoms with Crippen LogP contribution in [0.15, 0.2) is 66.8 Å². The van der Waals surface area contributed by atoms with E-state index in [1.807, 2.05) is 94.5 Å². The largest absolute Gasteiger partial charge is 0.494 e. The van der Waals surface area contributed by atoms with Crippen molar-refractivity contribution >= 4 is 29.1 Å². The molecule has 1 unspecified atom stereocenters. The molecule has 0 bridgehead atoms. The number of likely N-dealkylation sites (tertiary alicyclic amines) is 1. The fourth-order valence-electron chi connectivity index (χ4n) is 8.30. The maximum absolute atomic E-state index is 14.9. The Balaban J connectivity index is 1.43. The Morgan fingerprint density at radius 2 is 1.51 bits per heavy atom. The first-order valence-corrected chi connectivity index (χ1v) is 17.1. The van der Waals surface area contributed by atoms with Crippen LogP contribution in [0.3, 0.4) is 0 Å². The number of fused-ring (bicyclic) bond motifs is 2. The Bertz CT molecular complexity index is 1550. The summed E-state index contributed by atoms with van der Waals surface area (Å²) in [5.74, 6) is -1.56. The van der Waals surface area contributed by atoms with Gasteiger partial charge in [0.05, 0.1) is 24.0 Å². The average Bonchev–Trinajstić information content (AvgIpc) is 3.34. The van der Waals surface area contributed by atoms with Gasteiger partial charge in [-0.2, -0.15) is 0 Å². The maximum atomic E-state index is 14.9. The van der Waals surface area contributed by atoms with E-state index in [-0.39, 0.29) is 24.3 Å². The number of anilines is 2. The molecule has 5 atom stereocenters. The van der Waals surface area contributed by atoms with E-state index in [0.717, 1.165) is 35.4 Å². The molecule has 9 nitrogen and oxygen atoms in total. The lowest BCUT2D eigenvalue weighted by Gasteiger charge is -2.39. The number of rotatable bonds is 11. The van der Waals surface area contributed by atoms with Crippen LogP contribution in [0.1, 0.15) is 57.1 Å². The highest BCUT2D eigenvalue weighted by Crippen LogP contribution is 2.59. The zero-order valence-electron chi connectivity index (χ0n) is 28.0. The van der Waals surface area contributed by atoms with E-state index in [0.29, 0.717) is 51.2 Å². The van der Waals surface area contributed by atoms with Crippen molar-refractivity contribution in [3.63, 3.8) is 0 Å². The molecule has 2 aromatic carbocycles. The third-order valence-corrected chi connectivity index (χ3v) is 10.4. The van der Waals surface area contributed by atoms with Crippen molar-refractivity contribution in [2.75, 3.05) is 42.6 Å². The van der Waals surface area contributed by atoms with Gasteiger partial charge in [-0.05, 0) is 75.4 Å². The molecule has 3 amide bonds. The summed E-state index contributed by atoms with van der Waals surface area (Å²) >= 11 is 0. The molecule has 4 heterocycles. The van der Waals surface area contributed by atoms with Gasteiger partial charge in [-0.1, -0.05) is 62.3 Å². The SMILES string of the molecule is CCOc1ccc(N2CC=C[C@]3(CC)O[C@]45C=CCN(c6c(C)cccc6C)C(=O)C4N(CCCCCCO)C(=O)[C@@H]5[C@@H]3C2=O)cc1. The predicted octanol–water partition coefficient (Wildman–Crippen LogP) is 5.12. The van der Waals surface area contributed by atoms with Crippen LogP contribution in [-0.4, -0.2) is 77.8 Å². The van der Waals surface area contributed by atoms with E-state index in [2.05, 4.69) is 0 Å². The number of unbranched alkanes of at least 4 members (excludes halogenated alkanes) is 3. The summed E-state index contributed by atoms with van der Waals surface area (Å²) in [6.07, 6.45) is 11.3. The van der Waals surface area contributed by atoms with Crippen LogP contribution >= 0.6 is 0 Å². The van der Waals surface area contributed by atoms with E-state index in [4.69, 9.17) is 9.47 Å². The van der Waals surface area contributed by atoms with Crippen LogP contribution in [0.5, 0.6) is 5.75 Å². The molecule has 1 N–H and O–H groups in total. The summed E-state index contributed by atoms with van der Waals surface area (Å²) in [7, 11) is 0. The van der Waals surface area contributed by atoms with Gasteiger partial charge >= 0.3 is 0 Å². The summed E-state index contributed by atoms with van der Waals surface area (Å²) in [5.41, 5.74) is 1.14.